The van der Waals surface area contributed by atoms with E-state index in [4.69, 9.17) is 4.74 Å². The van der Waals surface area contributed by atoms with Gasteiger partial charge in [-0.15, -0.1) is 0 Å². The molecule has 1 aromatic rings. The van der Waals surface area contributed by atoms with E-state index in [-0.39, 0.29) is 11.6 Å². The van der Waals surface area contributed by atoms with Crippen LogP contribution in [0.25, 0.3) is 0 Å². The van der Waals surface area contributed by atoms with Gasteiger partial charge in [-0.1, -0.05) is 45.0 Å². The first-order valence-electron chi connectivity index (χ1n) is 7.78. The summed E-state index contributed by atoms with van der Waals surface area (Å²) < 4.78 is 5.71. The van der Waals surface area contributed by atoms with Crippen LogP contribution >= 0.6 is 0 Å². The summed E-state index contributed by atoms with van der Waals surface area (Å²) >= 11 is 0. The molecule has 0 aromatic heterocycles. The van der Waals surface area contributed by atoms with Crippen molar-refractivity contribution >= 4 is 0 Å². The molecule has 2 heteroatoms. The lowest BCUT2D eigenvalue weighted by Gasteiger charge is -2.34. The number of nitrogens with one attached hydrogen (secondary N) is 1. The minimum atomic E-state index is -0.217. The van der Waals surface area contributed by atoms with E-state index in [0.29, 0.717) is 5.92 Å². The molecule has 0 spiro atoms. The van der Waals surface area contributed by atoms with Crippen molar-refractivity contribution in [2.24, 2.45) is 5.92 Å². The Morgan fingerprint density at radius 3 is 2.50 bits per heavy atom. The van der Waals surface area contributed by atoms with E-state index in [1.807, 2.05) is 0 Å². The van der Waals surface area contributed by atoms with E-state index in [1.165, 1.54) is 11.1 Å². The molecule has 0 amide bonds. The number of hydrogen-bond donors (Lipinski definition) is 1. The van der Waals surface area contributed by atoms with Crippen LogP contribution in [-0.2, 0) is 11.2 Å². The molecule has 0 aliphatic carbocycles. The molecular weight excluding hydrogens is 246 g/mol. The monoisotopic (exact) mass is 277 g/mol. The zero-order valence-electron chi connectivity index (χ0n) is 14.0. The third-order valence-electron chi connectivity index (χ3n) is 3.75. The van der Waals surface area contributed by atoms with Gasteiger partial charge < -0.3 is 10.1 Å². The van der Waals surface area contributed by atoms with Crippen molar-refractivity contribution in [1.82, 2.24) is 5.32 Å². The van der Waals surface area contributed by atoms with E-state index in [9.17, 15) is 0 Å². The summed E-state index contributed by atoms with van der Waals surface area (Å²) in [7, 11) is 1.79. The first-order chi connectivity index (χ1) is 9.40. The second-order valence-electron chi connectivity index (χ2n) is 6.54. The predicted octanol–water partition coefficient (Wildman–Crippen LogP) is 4.35. The molecule has 1 aromatic carbocycles. The minimum absolute atomic E-state index is 0.217. The second-order valence-corrected chi connectivity index (χ2v) is 6.54. The Hall–Kier alpha value is -0.860. The smallest absolute Gasteiger partial charge is 0.0816 e. The predicted molar refractivity (Wildman–Crippen MR) is 87.1 cm³/mol. The summed E-state index contributed by atoms with van der Waals surface area (Å²) in [6, 6.07) is 9.14. The molecule has 114 valence electrons. The number of methoxy groups -OCH3 is 1. The van der Waals surface area contributed by atoms with Crippen LogP contribution in [0.5, 0.6) is 0 Å². The van der Waals surface area contributed by atoms with Gasteiger partial charge >= 0.3 is 0 Å². The number of hydrogen-bond acceptors (Lipinski definition) is 2. The van der Waals surface area contributed by atoms with Crippen LogP contribution in [0.3, 0.4) is 0 Å². The average Bonchev–Trinajstić information content (AvgIpc) is 2.38. The van der Waals surface area contributed by atoms with Crippen molar-refractivity contribution in [2.75, 3.05) is 13.7 Å². The first kappa shape index (κ1) is 17.2. The molecule has 0 heterocycles. The summed E-state index contributed by atoms with van der Waals surface area (Å²) in [5.74, 6) is 0.683. The van der Waals surface area contributed by atoms with Gasteiger partial charge in [-0.05, 0) is 50.3 Å². The maximum absolute atomic E-state index is 5.71. The lowest BCUT2D eigenvalue weighted by atomic mass is 9.89. The molecule has 0 aliphatic heterocycles. The molecule has 2 nitrogen and oxygen atoms in total. The zero-order valence-corrected chi connectivity index (χ0v) is 14.0. The van der Waals surface area contributed by atoms with Gasteiger partial charge in [0, 0.05) is 7.11 Å². The van der Waals surface area contributed by atoms with Crippen LogP contribution < -0.4 is 5.32 Å². The molecule has 1 unspecified atom stereocenters. The summed E-state index contributed by atoms with van der Waals surface area (Å²) in [4.78, 5) is 0. The van der Waals surface area contributed by atoms with E-state index < -0.39 is 0 Å². The Morgan fingerprint density at radius 1 is 1.25 bits per heavy atom. The van der Waals surface area contributed by atoms with Crippen molar-refractivity contribution in [1.29, 1.82) is 0 Å². The molecule has 1 atom stereocenters. The lowest BCUT2D eigenvalue weighted by molar-refractivity contribution is -0.0110. The Labute approximate surface area is 124 Å². The van der Waals surface area contributed by atoms with Crippen LogP contribution in [0.4, 0.5) is 0 Å². The van der Waals surface area contributed by atoms with Gasteiger partial charge in [0.25, 0.3) is 0 Å². The Kier molecular flexibility index (Phi) is 6.70. The van der Waals surface area contributed by atoms with Gasteiger partial charge in [0.1, 0.15) is 0 Å². The normalized spacial score (nSPS) is 13.8. The Morgan fingerprint density at radius 2 is 1.95 bits per heavy atom. The van der Waals surface area contributed by atoms with E-state index in [0.717, 1.165) is 19.4 Å². The van der Waals surface area contributed by atoms with Crippen LogP contribution in [0.1, 0.15) is 58.2 Å². The summed E-state index contributed by atoms with van der Waals surface area (Å²) in [5, 5.41) is 3.63. The van der Waals surface area contributed by atoms with Gasteiger partial charge in [0.05, 0.1) is 11.6 Å². The third kappa shape index (κ3) is 4.92. The minimum Gasteiger partial charge on any atom is -0.377 e. The van der Waals surface area contributed by atoms with Crippen LogP contribution in [0, 0.1) is 5.92 Å². The van der Waals surface area contributed by atoms with Crippen LogP contribution in [0.15, 0.2) is 24.3 Å². The molecule has 0 saturated heterocycles. The summed E-state index contributed by atoms with van der Waals surface area (Å²) in [5.41, 5.74) is 2.52. The Balaban J connectivity index is 3.00. The fraction of sp³-hybridized carbons (Fsp3) is 0.667. The molecule has 0 saturated carbocycles. The van der Waals surface area contributed by atoms with Crippen molar-refractivity contribution in [3.05, 3.63) is 35.4 Å². The van der Waals surface area contributed by atoms with Crippen molar-refractivity contribution < 1.29 is 4.74 Å². The number of ether oxygens (including phenoxy) is 1. The highest BCUT2D eigenvalue weighted by atomic mass is 16.5. The highest BCUT2D eigenvalue weighted by Crippen LogP contribution is 2.29. The molecule has 0 aliphatic rings. The molecule has 20 heavy (non-hydrogen) atoms. The lowest BCUT2D eigenvalue weighted by Crippen LogP contribution is -2.41. The SMILES string of the molecule is CCCNC(c1cccc(CC(C)C)c1)C(C)(C)OC. The van der Waals surface area contributed by atoms with E-state index in [2.05, 4.69) is 64.2 Å². The third-order valence-corrected chi connectivity index (χ3v) is 3.75. The van der Waals surface area contributed by atoms with Crippen LogP contribution in [0.2, 0.25) is 0 Å². The average molecular weight is 277 g/mol. The highest BCUT2D eigenvalue weighted by Gasteiger charge is 2.30. The van der Waals surface area contributed by atoms with Gasteiger partial charge in [-0.25, -0.2) is 0 Å². The molecule has 0 bridgehead atoms. The quantitative estimate of drug-likeness (QED) is 0.762. The zero-order chi connectivity index (χ0) is 15.2. The van der Waals surface area contributed by atoms with Gasteiger partial charge in [-0.2, -0.15) is 0 Å². The summed E-state index contributed by atoms with van der Waals surface area (Å²) in [6.45, 7) is 12.0. The van der Waals surface area contributed by atoms with Gasteiger partial charge in [0.2, 0.25) is 0 Å². The summed E-state index contributed by atoms with van der Waals surface area (Å²) in [6.07, 6.45) is 2.25. The van der Waals surface area contributed by atoms with Crippen LogP contribution in [-0.4, -0.2) is 19.3 Å². The maximum Gasteiger partial charge on any atom is 0.0816 e. The van der Waals surface area contributed by atoms with Crippen molar-refractivity contribution in [2.45, 2.75) is 59.1 Å². The fourth-order valence-electron chi connectivity index (χ4n) is 2.54. The van der Waals surface area contributed by atoms with Gasteiger partial charge in [-0.3, -0.25) is 0 Å². The highest BCUT2D eigenvalue weighted by molar-refractivity contribution is 5.28. The molecule has 1 rings (SSSR count). The van der Waals surface area contributed by atoms with E-state index in [1.54, 1.807) is 7.11 Å². The largest absolute Gasteiger partial charge is 0.377 e. The van der Waals surface area contributed by atoms with Crippen molar-refractivity contribution in [3.63, 3.8) is 0 Å². The first-order valence-corrected chi connectivity index (χ1v) is 7.78. The molecule has 1 N–H and O–H groups in total. The standard InChI is InChI=1S/C18H31NO/c1-7-11-19-17(18(4,5)20-6)16-10-8-9-15(13-16)12-14(2)3/h8-10,13-14,17,19H,7,11-12H2,1-6H3. The fourth-order valence-corrected chi connectivity index (χ4v) is 2.54. The maximum atomic E-state index is 5.71. The molecular formula is C18H31NO. The number of benzene rings is 1. The number of rotatable bonds is 8. The second kappa shape index (κ2) is 7.80. The Bertz CT molecular complexity index is 398. The molecule has 0 radical (unpaired) electrons. The molecule has 0 fully saturated rings. The van der Waals surface area contributed by atoms with Crippen molar-refractivity contribution in [3.8, 4) is 0 Å². The van der Waals surface area contributed by atoms with Gasteiger partial charge in [0.15, 0.2) is 0 Å². The van der Waals surface area contributed by atoms with E-state index >= 15 is 0 Å². The topological polar surface area (TPSA) is 21.3 Å².